The normalized spacial score (nSPS) is 15.8. The van der Waals surface area contributed by atoms with Gasteiger partial charge in [0, 0.05) is 13.1 Å². The van der Waals surface area contributed by atoms with Gasteiger partial charge in [-0.2, -0.15) is 4.31 Å². The second kappa shape index (κ2) is 5.22. The van der Waals surface area contributed by atoms with Crippen molar-refractivity contribution in [1.29, 1.82) is 0 Å². The van der Waals surface area contributed by atoms with Crippen LogP contribution in [0.25, 0.3) is 0 Å². The molecule has 1 saturated carbocycles. The van der Waals surface area contributed by atoms with Crippen LogP contribution in [-0.2, 0) is 23.6 Å². The first kappa shape index (κ1) is 14.7. The molecule has 1 fully saturated rings. The number of halogens is 1. The summed E-state index contributed by atoms with van der Waals surface area (Å²) in [7, 11) is -2.12. The quantitative estimate of drug-likeness (QED) is 0.797. The van der Waals surface area contributed by atoms with Crippen LogP contribution in [0.15, 0.2) is 26.2 Å². The van der Waals surface area contributed by atoms with Gasteiger partial charge in [0.1, 0.15) is 11.5 Å². The average Bonchev–Trinajstić information content (AvgIpc) is 3.07. The lowest BCUT2D eigenvalue weighted by Crippen LogP contribution is -2.34. The molecule has 9 heteroatoms. The van der Waals surface area contributed by atoms with Crippen molar-refractivity contribution in [2.75, 3.05) is 0 Å². The fourth-order valence-corrected chi connectivity index (χ4v) is 4.89. The van der Waals surface area contributed by atoms with E-state index in [1.165, 1.54) is 8.99 Å². The van der Waals surface area contributed by atoms with Crippen LogP contribution in [0.1, 0.15) is 24.4 Å². The summed E-state index contributed by atoms with van der Waals surface area (Å²) < 4.78 is 34.2. The van der Waals surface area contributed by atoms with Crippen LogP contribution in [0.3, 0.4) is 0 Å². The standard InChI is InChI=1S/C12H15BrN4O3S/c1-8-3-6-10(20-8)7-17(9-4-5-9)21(18,19)12-11(13)14-15-16(12)2/h3,6,9H,4-5,7H2,1-2H3. The maximum absolute atomic E-state index is 12.9. The van der Waals surface area contributed by atoms with Gasteiger partial charge in [0.25, 0.3) is 10.0 Å². The van der Waals surface area contributed by atoms with Crippen LogP contribution in [0.2, 0.25) is 0 Å². The molecule has 0 spiro atoms. The highest BCUT2D eigenvalue weighted by Crippen LogP contribution is 2.35. The van der Waals surface area contributed by atoms with E-state index in [0.717, 1.165) is 18.6 Å². The predicted molar refractivity (Wildman–Crippen MR) is 77.9 cm³/mol. The Hall–Kier alpha value is -1.19. The van der Waals surface area contributed by atoms with Crippen LogP contribution < -0.4 is 0 Å². The van der Waals surface area contributed by atoms with E-state index in [1.807, 2.05) is 13.0 Å². The van der Waals surface area contributed by atoms with E-state index >= 15 is 0 Å². The Morgan fingerprint density at radius 1 is 1.48 bits per heavy atom. The van der Waals surface area contributed by atoms with Gasteiger partial charge >= 0.3 is 0 Å². The van der Waals surface area contributed by atoms with Crippen molar-refractivity contribution in [2.45, 2.75) is 37.4 Å². The summed E-state index contributed by atoms with van der Waals surface area (Å²) in [6.07, 6.45) is 1.73. The number of aryl methyl sites for hydroxylation is 2. The molecular formula is C12H15BrN4O3S. The van der Waals surface area contributed by atoms with Gasteiger partial charge in [-0.25, -0.2) is 13.1 Å². The van der Waals surface area contributed by atoms with Gasteiger partial charge in [0.05, 0.1) is 6.54 Å². The minimum absolute atomic E-state index is 0.0159. The summed E-state index contributed by atoms with van der Waals surface area (Å²) in [6.45, 7) is 2.06. The lowest BCUT2D eigenvalue weighted by molar-refractivity contribution is 0.348. The largest absolute Gasteiger partial charge is 0.465 e. The second-order valence-electron chi connectivity index (χ2n) is 5.10. The van der Waals surface area contributed by atoms with Gasteiger partial charge in [-0.15, -0.1) is 5.10 Å². The third-order valence-corrected chi connectivity index (χ3v) is 6.14. The Morgan fingerprint density at radius 2 is 2.19 bits per heavy atom. The van der Waals surface area contributed by atoms with Crippen molar-refractivity contribution in [1.82, 2.24) is 19.3 Å². The summed E-state index contributed by atoms with van der Waals surface area (Å²) in [4.78, 5) is 0. The summed E-state index contributed by atoms with van der Waals surface area (Å²) in [5.41, 5.74) is 0. The molecule has 114 valence electrons. The van der Waals surface area contributed by atoms with Crippen LogP contribution in [-0.4, -0.2) is 33.8 Å². The predicted octanol–water partition coefficient (Wildman–Crippen LogP) is 1.83. The number of hydrogen-bond acceptors (Lipinski definition) is 5. The molecule has 0 aromatic carbocycles. The van der Waals surface area contributed by atoms with Gasteiger partial charge < -0.3 is 4.42 Å². The molecule has 0 bridgehead atoms. The smallest absolute Gasteiger partial charge is 0.263 e. The van der Waals surface area contributed by atoms with Crippen molar-refractivity contribution >= 4 is 26.0 Å². The number of sulfonamides is 1. The number of aromatic nitrogens is 3. The molecule has 1 aliphatic rings. The number of hydrogen-bond donors (Lipinski definition) is 0. The van der Waals surface area contributed by atoms with E-state index in [9.17, 15) is 8.42 Å². The molecule has 0 unspecified atom stereocenters. The molecule has 2 heterocycles. The Kier molecular flexibility index (Phi) is 3.66. The summed E-state index contributed by atoms with van der Waals surface area (Å²) in [5, 5.41) is 7.57. The number of rotatable bonds is 5. The molecule has 21 heavy (non-hydrogen) atoms. The van der Waals surface area contributed by atoms with Gasteiger partial charge in [-0.05, 0) is 47.8 Å². The van der Waals surface area contributed by atoms with E-state index in [1.54, 1.807) is 13.1 Å². The van der Waals surface area contributed by atoms with Crippen molar-refractivity contribution in [3.63, 3.8) is 0 Å². The third-order valence-electron chi connectivity index (χ3n) is 3.35. The summed E-state index contributed by atoms with van der Waals surface area (Å²) >= 11 is 3.16. The first-order valence-corrected chi connectivity index (χ1v) is 8.75. The van der Waals surface area contributed by atoms with Crippen molar-refractivity contribution in [3.05, 3.63) is 28.3 Å². The van der Waals surface area contributed by atoms with Crippen LogP contribution in [0, 0.1) is 6.92 Å². The molecule has 1 aliphatic carbocycles. The molecule has 0 saturated heterocycles. The average molecular weight is 375 g/mol. The van der Waals surface area contributed by atoms with Crippen molar-refractivity contribution < 1.29 is 12.8 Å². The zero-order valence-electron chi connectivity index (χ0n) is 11.7. The van der Waals surface area contributed by atoms with Crippen LogP contribution >= 0.6 is 15.9 Å². The first-order chi connectivity index (χ1) is 9.89. The first-order valence-electron chi connectivity index (χ1n) is 6.52. The van der Waals surface area contributed by atoms with Gasteiger partial charge in [0.2, 0.25) is 5.03 Å². The molecular weight excluding hydrogens is 360 g/mol. The Morgan fingerprint density at radius 3 is 2.67 bits per heavy atom. The molecule has 2 aromatic rings. The van der Waals surface area contributed by atoms with Gasteiger partial charge in [-0.1, -0.05) is 5.21 Å². The maximum Gasteiger partial charge on any atom is 0.263 e. The highest BCUT2D eigenvalue weighted by Gasteiger charge is 2.41. The molecule has 0 aliphatic heterocycles. The van der Waals surface area contributed by atoms with Crippen LogP contribution in [0.5, 0.6) is 0 Å². The van der Waals surface area contributed by atoms with Gasteiger partial charge in [-0.3, -0.25) is 0 Å². The van der Waals surface area contributed by atoms with Crippen molar-refractivity contribution in [2.24, 2.45) is 7.05 Å². The third kappa shape index (κ3) is 2.77. The Labute approximate surface area is 131 Å². The zero-order valence-corrected chi connectivity index (χ0v) is 14.1. The SMILES string of the molecule is Cc1ccc(CN(C2CC2)S(=O)(=O)c2c(Br)nnn2C)o1. The zero-order chi connectivity index (χ0) is 15.2. The summed E-state index contributed by atoms with van der Waals surface area (Å²) in [5.74, 6) is 1.40. The highest BCUT2D eigenvalue weighted by molar-refractivity contribution is 9.10. The number of furan rings is 1. The lowest BCUT2D eigenvalue weighted by atomic mass is 10.4. The molecule has 0 atom stereocenters. The Balaban J connectivity index is 1.97. The lowest BCUT2D eigenvalue weighted by Gasteiger charge is -2.20. The molecule has 7 nitrogen and oxygen atoms in total. The summed E-state index contributed by atoms with van der Waals surface area (Å²) in [6, 6.07) is 3.65. The van der Waals surface area contributed by atoms with Crippen LogP contribution in [0.4, 0.5) is 0 Å². The molecule has 3 rings (SSSR count). The fourth-order valence-electron chi connectivity index (χ4n) is 2.20. The van der Waals surface area contributed by atoms with Gasteiger partial charge in [0.15, 0.2) is 4.60 Å². The molecule has 2 aromatic heterocycles. The van der Waals surface area contributed by atoms with E-state index < -0.39 is 10.0 Å². The fraction of sp³-hybridized carbons (Fsp3) is 0.500. The maximum atomic E-state index is 12.9. The van der Waals surface area contributed by atoms with E-state index in [-0.39, 0.29) is 22.2 Å². The highest BCUT2D eigenvalue weighted by atomic mass is 79.9. The van der Waals surface area contributed by atoms with E-state index in [0.29, 0.717) is 5.76 Å². The molecule has 0 amide bonds. The van der Waals surface area contributed by atoms with Crippen molar-refractivity contribution in [3.8, 4) is 0 Å². The minimum atomic E-state index is -3.68. The topological polar surface area (TPSA) is 81.2 Å². The van der Waals surface area contributed by atoms with E-state index in [4.69, 9.17) is 4.42 Å². The second-order valence-corrected chi connectivity index (χ2v) is 7.66. The number of nitrogens with zero attached hydrogens (tertiary/aromatic N) is 4. The molecule has 0 radical (unpaired) electrons. The molecule has 0 N–H and O–H groups in total. The van der Waals surface area contributed by atoms with E-state index in [2.05, 4.69) is 26.2 Å². The minimum Gasteiger partial charge on any atom is -0.465 e. The monoisotopic (exact) mass is 374 g/mol. The Bertz CT molecular complexity index is 744.